The van der Waals surface area contributed by atoms with Crippen LogP contribution in [0.4, 0.5) is 5.69 Å². The third kappa shape index (κ3) is 6.94. The summed E-state index contributed by atoms with van der Waals surface area (Å²) in [5.74, 6) is 0.633. The molecule has 0 aliphatic rings. The smallest absolute Gasteiger partial charge is 0.243 e. The van der Waals surface area contributed by atoms with Gasteiger partial charge >= 0.3 is 0 Å². The zero-order chi connectivity index (χ0) is 21.2. The zero-order valence-electron chi connectivity index (χ0n) is 16.5. The lowest BCUT2D eigenvalue weighted by Gasteiger charge is -2.12. The Hall–Kier alpha value is -2.21. The van der Waals surface area contributed by atoms with Crippen LogP contribution in [0.15, 0.2) is 83.8 Å². The maximum Gasteiger partial charge on any atom is 0.243 e. The van der Waals surface area contributed by atoms with Crippen LogP contribution in [0.1, 0.15) is 5.56 Å². The molecule has 1 amide bonds. The number of carbonyl (C=O) groups excluding carboxylic acids is 1. The molecule has 0 saturated carbocycles. The summed E-state index contributed by atoms with van der Waals surface area (Å²) in [7, 11) is -0.672. The number of hydrogen-bond acceptors (Lipinski definition) is 5. The summed E-state index contributed by atoms with van der Waals surface area (Å²) in [6.45, 7) is -0.0129. The third-order valence-corrected chi connectivity index (χ3v) is 5.82. The molecule has 4 N–H and O–H groups in total. The number of rotatable bonds is 10. The number of thioether (sulfide) groups is 1. The van der Waals surface area contributed by atoms with E-state index in [4.69, 9.17) is 15.2 Å². The fraction of sp³-hybridized carbons (Fsp3) is 0.174. The molecule has 0 aliphatic heterocycles. The first kappa shape index (κ1) is 22.5. The number of anilines is 1. The van der Waals surface area contributed by atoms with Crippen molar-refractivity contribution in [3.8, 4) is 11.1 Å². The Morgan fingerprint density at radius 2 is 1.67 bits per heavy atom. The molecule has 0 fully saturated rings. The van der Waals surface area contributed by atoms with E-state index in [1.54, 1.807) is 11.8 Å². The largest absolute Gasteiger partial charge is 0.352 e. The predicted molar refractivity (Wildman–Crippen MR) is 126 cm³/mol. The maximum atomic E-state index is 11.9. The molecule has 156 valence electrons. The summed E-state index contributed by atoms with van der Waals surface area (Å²) in [6, 6.07) is 25.9. The van der Waals surface area contributed by atoms with Crippen molar-refractivity contribution in [2.75, 3.05) is 17.7 Å². The van der Waals surface area contributed by atoms with Crippen LogP contribution in [0, 0.1) is 0 Å². The number of nitrogens with one attached hydrogen (secondary N) is 1. The van der Waals surface area contributed by atoms with Crippen LogP contribution in [-0.2, 0) is 15.7 Å². The quantitative estimate of drug-likeness (QED) is 0.320. The van der Waals surface area contributed by atoms with E-state index < -0.39 is 15.1 Å². The SMILES string of the molecule is NC(COPO)C(=O)Nc1ccc(SCCc2ccc(-c3ccccc3)cc2)cc1. The third-order valence-electron chi connectivity index (χ3n) is 4.51. The topological polar surface area (TPSA) is 84.6 Å². The van der Waals surface area contributed by atoms with E-state index >= 15 is 0 Å². The second-order valence-corrected chi connectivity index (χ2v) is 8.32. The van der Waals surface area contributed by atoms with Crippen LogP contribution in [0.2, 0.25) is 0 Å². The van der Waals surface area contributed by atoms with Crippen molar-refractivity contribution < 1.29 is 14.2 Å². The lowest BCUT2D eigenvalue weighted by atomic mass is 10.0. The normalized spacial score (nSPS) is 12.2. The molecule has 2 atom stereocenters. The average Bonchev–Trinajstić information content (AvgIpc) is 2.79. The van der Waals surface area contributed by atoms with Gasteiger partial charge in [0.05, 0.1) is 6.61 Å². The van der Waals surface area contributed by atoms with Gasteiger partial charge < -0.3 is 20.5 Å². The molecule has 0 heterocycles. The molecule has 7 heteroatoms. The van der Waals surface area contributed by atoms with Crippen molar-refractivity contribution in [3.05, 3.63) is 84.4 Å². The first-order chi connectivity index (χ1) is 14.7. The molecule has 2 unspecified atom stereocenters. The standard InChI is InChI=1S/C23H25N2O3PS/c24-22(16-28-29-27)23(26)25-20-10-12-21(13-11-20)30-15-14-17-6-8-19(9-7-17)18-4-2-1-3-5-18/h1-13,22,27,29H,14-16,24H2,(H,25,26). The van der Waals surface area contributed by atoms with Gasteiger partial charge in [-0.05, 0) is 47.4 Å². The molecule has 0 aliphatic carbocycles. The molecule has 0 radical (unpaired) electrons. The highest BCUT2D eigenvalue weighted by Crippen LogP contribution is 2.23. The molecule has 30 heavy (non-hydrogen) atoms. The van der Waals surface area contributed by atoms with Gasteiger partial charge in [0.25, 0.3) is 0 Å². The molecule has 5 nitrogen and oxygen atoms in total. The number of amides is 1. The van der Waals surface area contributed by atoms with Gasteiger partial charge in [-0.2, -0.15) is 0 Å². The molecule has 3 aromatic carbocycles. The van der Waals surface area contributed by atoms with Crippen LogP contribution in [0.3, 0.4) is 0 Å². The van der Waals surface area contributed by atoms with E-state index in [1.165, 1.54) is 16.7 Å². The second-order valence-electron chi connectivity index (χ2n) is 6.68. The Bertz CT molecular complexity index is 921. The second kappa shape index (κ2) is 11.8. The predicted octanol–water partition coefficient (Wildman–Crippen LogP) is 4.47. The van der Waals surface area contributed by atoms with Crippen LogP contribution < -0.4 is 11.1 Å². The lowest BCUT2D eigenvalue weighted by molar-refractivity contribution is -0.117. The van der Waals surface area contributed by atoms with Gasteiger partial charge in [-0.15, -0.1) is 11.8 Å². The van der Waals surface area contributed by atoms with Crippen LogP contribution in [0.5, 0.6) is 0 Å². The van der Waals surface area contributed by atoms with Crippen molar-refractivity contribution in [1.29, 1.82) is 0 Å². The van der Waals surface area contributed by atoms with Crippen molar-refractivity contribution >= 4 is 32.4 Å². The summed E-state index contributed by atoms with van der Waals surface area (Å²) in [6.07, 6.45) is 0.985. The monoisotopic (exact) mass is 440 g/mol. The van der Waals surface area contributed by atoms with E-state index in [0.29, 0.717) is 5.69 Å². The van der Waals surface area contributed by atoms with Crippen molar-refractivity contribution in [2.24, 2.45) is 5.73 Å². The fourth-order valence-corrected chi connectivity index (χ4v) is 4.01. The highest BCUT2D eigenvalue weighted by Gasteiger charge is 2.13. The average molecular weight is 441 g/mol. The molecule has 0 bridgehead atoms. The lowest BCUT2D eigenvalue weighted by Crippen LogP contribution is -2.38. The molecule has 3 aromatic rings. The Morgan fingerprint density at radius 3 is 2.33 bits per heavy atom. The van der Waals surface area contributed by atoms with Crippen molar-refractivity contribution in [3.63, 3.8) is 0 Å². The van der Waals surface area contributed by atoms with Gasteiger partial charge in [0, 0.05) is 16.3 Å². The summed E-state index contributed by atoms with van der Waals surface area (Å²) in [5, 5.41) is 2.75. The Morgan fingerprint density at radius 1 is 1.00 bits per heavy atom. The van der Waals surface area contributed by atoms with Crippen LogP contribution >= 0.6 is 20.8 Å². The Kier molecular flexibility index (Phi) is 8.87. The van der Waals surface area contributed by atoms with Crippen molar-refractivity contribution in [1.82, 2.24) is 0 Å². The van der Waals surface area contributed by atoms with E-state index in [9.17, 15) is 4.79 Å². The van der Waals surface area contributed by atoms with Gasteiger partial charge in [-0.1, -0.05) is 54.6 Å². The minimum absolute atomic E-state index is 0.0129. The minimum Gasteiger partial charge on any atom is -0.352 e. The molecule has 3 rings (SSSR count). The first-order valence-corrected chi connectivity index (χ1v) is 11.4. The number of benzene rings is 3. The molecular weight excluding hydrogens is 415 g/mol. The van der Waals surface area contributed by atoms with Crippen molar-refractivity contribution in [2.45, 2.75) is 17.4 Å². The van der Waals surface area contributed by atoms with E-state index in [0.717, 1.165) is 17.1 Å². The maximum absolute atomic E-state index is 11.9. The highest BCUT2D eigenvalue weighted by molar-refractivity contribution is 7.99. The van der Waals surface area contributed by atoms with Gasteiger partial charge in [-0.3, -0.25) is 4.79 Å². The van der Waals surface area contributed by atoms with Gasteiger partial charge in [-0.25, -0.2) is 0 Å². The summed E-state index contributed by atoms with van der Waals surface area (Å²) >= 11 is 1.78. The van der Waals surface area contributed by atoms with E-state index in [-0.39, 0.29) is 12.5 Å². The number of hydrogen-bond donors (Lipinski definition) is 3. The molecule has 0 spiro atoms. The van der Waals surface area contributed by atoms with Crippen LogP contribution in [-0.4, -0.2) is 29.2 Å². The number of carbonyl (C=O) groups is 1. The molecular formula is C23H25N2O3PS. The van der Waals surface area contributed by atoms with Gasteiger partial charge in [0.2, 0.25) is 5.91 Å². The highest BCUT2D eigenvalue weighted by atomic mass is 32.2. The first-order valence-electron chi connectivity index (χ1n) is 9.60. The van der Waals surface area contributed by atoms with E-state index in [1.807, 2.05) is 30.3 Å². The number of aryl methyl sites for hydroxylation is 1. The fourth-order valence-electron chi connectivity index (χ4n) is 2.85. The Balaban J connectivity index is 1.44. The van der Waals surface area contributed by atoms with Gasteiger partial charge in [0.15, 0.2) is 9.03 Å². The summed E-state index contributed by atoms with van der Waals surface area (Å²) in [5.41, 5.74) is 10.1. The summed E-state index contributed by atoms with van der Waals surface area (Å²) < 4.78 is 4.78. The van der Waals surface area contributed by atoms with E-state index in [2.05, 4.69) is 53.8 Å². The minimum atomic E-state index is -0.813. The van der Waals surface area contributed by atoms with Crippen LogP contribution in [0.25, 0.3) is 11.1 Å². The summed E-state index contributed by atoms with van der Waals surface area (Å²) in [4.78, 5) is 21.7. The molecule has 0 aromatic heterocycles. The Labute approximate surface area is 183 Å². The zero-order valence-corrected chi connectivity index (χ0v) is 18.3. The molecule has 0 saturated heterocycles. The van der Waals surface area contributed by atoms with Gasteiger partial charge in [0.1, 0.15) is 6.04 Å². The number of nitrogens with two attached hydrogens (primary N) is 1.